The van der Waals surface area contributed by atoms with Gasteiger partial charge in [-0.1, -0.05) is 30.3 Å². The molecule has 2 unspecified atom stereocenters. The van der Waals surface area contributed by atoms with Crippen molar-refractivity contribution < 1.29 is 9.47 Å². The van der Waals surface area contributed by atoms with Crippen molar-refractivity contribution in [2.75, 3.05) is 32.8 Å². The van der Waals surface area contributed by atoms with Crippen LogP contribution in [0.5, 0.6) is 0 Å². The zero-order valence-corrected chi connectivity index (χ0v) is 18.6. The monoisotopic (exact) mass is 475 g/mol. The fourth-order valence-electron chi connectivity index (χ4n) is 2.91. The predicted molar refractivity (Wildman–Crippen MR) is 118 cm³/mol. The minimum absolute atomic E-state index is 0. The van der Waals surface area contributed by atoms with Crippen LogP contribution in [0.15, 0.2) is 35.3 Å². The summed E-state index contributed by atoms with van der Waals surface area (Å²) in [5.41, 5.74) is 1.12. The highest BCUT2D eigenvalue weighted by Crippen LogP contribution is 2.25. The Morgan fingerprint density at radius 1 is 1.31 bits per heavy atom. The Labute approximate surface area is 175 Å². The molecular weight excluding hydrogens is 441 g/mol. The lowest BCUT2D eigenvalue weighted by Crippen LogP contribution is -2.39. The molecule has 0 spiro atoms. The van der Waals surface area contributed by atoms with Gasteiger partial charge in [0.25, 0.3) is 0 Å². The molecule has 6 heteroatoms. The highest BCUT2D eigenvalue weighted by molar-refractivity contribution is 14.0. The quantitative estimate of drug-likeness (QED) is 0.246. The average molecular weight is 475 g/mol. The predicted octanol–water partition coefficient (Wildman–Crippen LogP) is 3.90. The van der Waals surface area contributed by atoms with E-state index in [9.17, 15) is 0 Å². The van der Waals surface area contributed by atoms with Gasteiger partial charge in [-0.3, -0.25) is 4.99 Å². The first-order valence-corrected chi connectivity index (χ1v) is 9.46. The Bertz CT molecular complexity index is 519. The first kappa shape index (κ1) is 23.2. The number of aliphatic imine (C=N–C) groups is 1. The van der Waals surface area contributed by atoms with Gasteiger partial charge in [-0.25, -0.2) is 0 Å². The zero-order chi connectivity index (χ0) is 18.0. The number of halogens is 1. The lowest BCUT2D eigenvalue weighted by atomic mass is 10.0. The second-order valence-electron chi connectivity index (χ2n) is 6.80. The Morgan fingerprint density at radius 2 is 2.08 bits per heavy atom. The van der Waals surface area contributed by atoms with Crippen LogP contribution >= 0.6 is 24.0 Å². The third-order valence-electron chi connectivity index (χ3n) is 4.47. The maximum Gasteiger partial charge on any atom is 0.191 e. The van der Waals surface area contributed by atoms with Crippen LogP contribution in [0.3, 0.4) is 0 Å². The summed E-state index contributed by atoms with van der Waals surface area (Å²) >= 11 is 0. The van der Waals surface area contributed by atoms with Gasteiger partial charge in [0.15, 0.2) is 5.96 Å². The summed E-state index contributed by atoms with van der Waals surface area (Å²) in [6.45, 7) is 10.3. The molecule has 0 amide bonds. The summed E-state index contributed by atoms with van der Waals surface area (Å²) in [5.74, 6) is 0.857. The second-order valence-corrected chi connectivity index (χ2v) is 6.80. The van der Waals surface area contributed by atoms with E-state index in [1.807, 2.05) is 18.2 Å². The number of hydrogen-bond acceptors (Lipinski definition) is 3. The molecule has 1 fully saturated rings. The van der Waals surface area contributed by atoms with Crippen LogP contribution in [0.25, 0.3) is 0 Å². The molecule has 2 N–H and O–H groups in total. The molecule has 1 aliphatic heterocycles. The van der Waals surface area contributed by atoms with E-state index in [4.69, 9.17) is 9.47 Å². The van der Waals surface area contributed by atoms with Crippen LogP contribution in [0.1, 0.15) is 51.7 Å². The van der Waals surface area contributed by atoms with Crippen molar-refractivity contribution >= 4 is 29.9 Å². The van der Waals surface area contributed by atoms with Crippen molar-refractivity contribution in [3.63, 3.8) is 0 Å². The first-order chi connectivity index (χ1) is 12.1. The Kier molecular flexibility index (Phi) is 11.2. The van der Waals surface area contributed by atoms with Crippen LogP contribution in [-0.4, -0.2) is 44.4 Å². The first-order valence-electron chi connectivity index (χ1n) is 9.46. The van der Waals surface area contributed by atoms with Crippen molar-refractivity contribution in [3.8, 4) is 0 Å². The molecule has 1 saturated heterocycles. The summed E-state index contributed by atoms with van der Waals surface area (Å²) in [6.07, 6.45) is 3.28. The average Bonchev–Trinajstić information content (AvgIpc) is 3.07. The van der Waals surface area contributed by atoms with E-state index in [-0.39, 0.29) is 35.7 Å². The van der Waals surface area contributed by atoms with E-state index >= 15 is 0 Å². The van der Waals surface area contributed by atoms with Gasteiger partial charge in [0.05, 0.1) is 18.2 Å². The van der Waals surface area contributed by atoms with Crippen LogP contribution < -0.4 is 10.6 Å². The van der Waals surface area contributed by atoms with Gasteiger partial charge < -0.3 is 20.1 Å². The van der Waals surface area contributed by atoms with Crippen LogP contribution in [0.4, 0.5) is 0 Å². The van der Waals surface area contributed by atoms with Crippen molar-refractivity contribution in [2.45, 2.75) is 51.7 Å². The molecule has 0 saturated carbocycles. The number of benzene rings is 1. The molecule has 1 aromatic rings. The van der Waals surface area contributed by atoms with Gasteiger partial charge in [0.1, 0.15) is 0 Å². The molecule has 1 aliphatic rings. The Balaban J connectivity index is 0.00000338. The van der Waals surface area contributed by atoms with E-state index in [0.29, 0.717) is 6.54 Å². The number of nitrogens with one attached hydrogen (secondary N) is 2. The second kappa shape index (κ2) is 12.5. The molecule has 0 aliphatic carbocycles. The Hall–Kier alpha value is -0.860. The number of ether oxygens (including phenoxy) is 2. The van der Waals surface area contributed by atoms with Crippen LogP contribution in [0.2, 0.25) is 0 Å². The zero-order valence-electron chi connectivity index (χ0n) is 16.3. The van der Waals surface area contributed by atoms with E-state index in [0.717, 1.165) is 51.5 Å². The fourth-order valence-corrected chi connectivity index (χ4v) is 2.91. The van der Waals surface area contributed by atoms with Gasteiger partial charge in [0.2, 0.25) is 0 Å². The summed E-state index contributed by atoms with van der Waals surface area (Å²) in [5, 5.41) is 6.67. The summed E-state index contributed by atoms with van der Waals surface area (Å²) in [7, 11) is 0. The molecule has 1 aromatic carbocycles. The number of guanidine groups is 1. The number of hydrogen-bond donors (Lipinski definition) is 2. The van der Waals surface area contributed by atoms with Gasteiger partial charge in [-0.2, -0.15) is 0 Å². The third kappa shape index (κ3) is 8.22. The minimum atomic E-state index is -0.101. The van der Waals surface area contributed by atoms with Crippen molar-refractivity contribution in [2.24, 2.45) is 4.99 Å². The highest BCUT2D eigenvalue weighted by atomic mass is 127. The normalized spacial score (nSPS) is 21.1. The topological polar surface area (TPSA) is 54.9 Å². The van der Waals surface area contributed by atoms with Gasteiger partial charge >= 0.3 is 0 Å². The van der Waals surface area contributed by atoms with Gasteiger partial charge in [-0.15, -0.1) is 24.0 Å². The highest BCUT2D eigenvalue weighted by Gasteiger charge is 2.29. The molecule has 26 heavy (non-hydrogen) atoms. The summed E-state index contributed by atoms with van der Waals surface area (Å²) in [6, 6.07) is 10.3. The Morgan fingerprint density at radius 3 is 2.73 bits per heavy atom. The van der Waals surface area contributed by atoms with E-state index in [2.05, 4.69) is 48.5 Å². The number of nitrogens with zero attached hydrogens (tertiary/aromatic N) is 1. The molecule has 5 nitrogen and oxygen atoms in total. The minimum Gasteiger partial charge on any atom is -0.374 e. The molecule has 148 valence electrons. The van der Waals surface area contributed by atoms with E-state index < -0.39 is 0 Å². The van der Waals surface area contributed by atoms with Crippen molar-refractivity contribution in [3.05, 3.63) is 35.9 Å². The van der Waals surface area contributed by atoms with Crippen molar-refractivity contribution in [1.82, 2.24) is 10.6 Å². The van der Waals surface area contributed by atoms with E-state index in [1.54, 1.807) is 0 Å². The van der Waals surface area contributed by atoms with Gasteiger partial charge in [-0.05, 0) is 45.6 Å². The van der Waals surface area contributed by atoms with Gasteiger partial charge in [0, 0.05) is 26.3 Å². The maximum absolute atomic E-state index is 5.91. The van der Waals surface area contributed by atoms with Crippen LogP contribution in [-0.2, 0) is 9.47 Å². The van der Waals surface area contributed by atoms with Crippen molar-refractivity contribution in [1.29, 1.82) is 0 Å². The lowest BCUT2D eigenvalue weighted by Gasteiger charge is -2.21. The third-order valence-corrected chi connectivity index (χ3v) is 4.47. The molecule has 0 aromatic heterocycles. The lowest BCUT2D eigenvalue weighted by molar-refractivity contribution is 0.0283. The molecule has 0 bridgehead atoms. The molecule has 0 radical (unpaired) electrons. The standard InChI is InChI=1S/C20H33N3O2.HI/c1-4-21-19(23-16-20(3)12-8-15-25-20)22-13-9-14-24-17(2)18-10-6-5-7-11-18;/h5-7,10-11,17H,4,8-9,12-16H2,1-3H3,(H2,21,22,23);1H. The summed E-state index contributed by atoms with van der Waals surface area (Å²) < 4.78 is 11.7. The largest absolute Gasteiger partial charge is 0.374 e. The smallest absolute Gasteiger partial charge is 0.191 e. The SMILES string of the molecule is CCNC(=NCC1(C)CCCO1)NCCCOC(C)c1ccccc1.I. The molecule has 2 rings (SSSR count). The molecular formula is C20H34IN3O2. The molecule has 1 heterocycles. The van der Waals surface area contributed by atoms with Crippen LogP contribution in [0, 0.1) is 0 Å². The fraction of sp³-hybridized carbons (Fsp3) is 0.650. The molecule has 2 atom stereocenters. The van der Waals surface area contributed by atoms with E-state index in [1.165, 1.54) is 5.56 Å². The number of rotatable bonds is 9. The summed E-state index contributed by atoms with van der Waals surface area (Å²) in [4.78, 5) is 4.68. The maximum atomic E-state index is 5.91.